The van der Waals surface area contributed by atoms with Gasteiger partial charge in [-0.3, -0.25) is 4.99 Å². The molecule has 0 unspecified atom stereocenters. The lowest BCUT2D eigenvalue weighted by Crippen LogP contribution is -2.13. The largest absolute Gasteiger partial charge is 0.384 e. The van der Waals surface area contributed by atoms with Gasteiger partial charge in [0.05, 0.1) is 5.69 Å². The molecule has 0 amide bonds. The summed E-state index contributed by atoms with van der Waals surface area (Å²) in [6.45, 7) is 2.87. The van der Waals surface area contributed by atoms with Crippen LogP contribution in [0.2, 0.25) is 0 Å². The van der Waals surface area contributed by atoms with Crippen molar-refractivity contribution in [3.63, 3.8) is 0 Å². The first kappa shape index (κ1) is 19.0. The molecule has 0 atom stereocenters. The summed E-state index contributed by atoms with van der Waals surface area (Å²) >= 11 is 3.47. The van der Waals surface area contributed by atoms with E-state index in [2.05, 4.69) is 43.1 Å². The fourth-order valence-corrected chi connectivity index (χ4v) is 2.91. The monoisotopic (exact) mass is 424 g/mol. The standard InChI is InChI=1S/C20H21BrN6/c1-2-3-10-24-19(22)13-5-8-16(9-6-13)26-27-18-17-11-15(21)7-4-14(17)12-25-20(18)23/h4-9,11-12H,2-3,10H2,1H3,(H2,22,24)(H2,23,25). The molecule has 0 spiro atoms. The molecule has 4 N–H and O–H groups in total. The molecule has 0 bridgehead atoms. The topological polar surface area (TPSA) is 102 Å². The third kappa shape index (κ3) is 4.68. The number of fused-ring (bicyclic) bond motifs is 1. The number of nitrogens with two attached hydrogens (primary N) is 2. The summed E-state index contributed by atoms with van der Waals surface area (Å²) in [4.78, 5) is 8.57. The third-order valence-electron chi connectivity index (χ3n) is 4.08. The van der Waals surface area contributed by atoms with Crippen molar-refractivity contribution in [3.8, 4) is 0 Å². The van der Waals surface area contributed by atoms with Crippen LogP contribution in [0.25, 0.3) is 10.8 Å². The lowest BCUT2D eigenvalue weighted by atomic mass is 10.1. The number of anilines is 1. The number of nitrogens with zero attached hydrogens (tertiary/aromatic N) is 4. The molecule has 0 saturated carbocycles. The van der Waals surface area contributed by atoms with E-state index in [1.54, 1.807) is 6.20 Å². The number of nitrogen functional groups attached to an aromatic ring is 1. The minimum atomic E-state index is 0.341. The Morgan fingerprint density at radius 3 is 2.63 bits per heavy atom. The van der Waals surface area contributed by atoms with Crippen LogP contribution >= 0.6 is 15.9 Å². The van der Waals surface area contributed by atoms with E-state index in [1.165, 1.54) is 0 Å². The van der Waals surface area contributed by atoms with Gasteiger partial charge in [0.1, 0.15) is 11.5 Å². The maximum Gasteiger partial charge on any atom is 0.151 e. The van der Waals surface area contributed by atoms with Crippen molar-refractivity contribution >= 4 is 49.7 Å². The molecular formula is C20H21BrN6. The zero-order valence-corrected chi connectivity index (χ0v) is 16.6. The molecule has 0 fully saturated rings. The lowest BCUT2D eigenvalue weighted by Gasteiger charge is -2.05. The number of unbranched alkanes of at least 4 members (excludes halogenated alkanes) is 1. The highest BCUT2D eigenvalue weighted by Crippen LogP contribution is 2.33. The van der Waals surface area contributed by atoms with Crippen LogP contribution in [-0.4, -0.2) is 17.4 Å². The van der Waals surface area contributed by atoms with E-state index in [9.17, 15) is 0 Å². The van der Waals surface area contributed by atoms with Gasteiger partial charge in [0, 0.05) is 33.6 Å². The van der Waals surface area contributed by atoms with Crippen LogP contribution in [0.4, 0.5) is 17.2 Å². The van der Waals surface area contributed by atoms with Gasteiger partial charge < -0.3 is 11.5 Å². The van der Waals surface area contributed by atoms with Crippen LogP contribution in [0, 0.1) is 0 Å². The molecule has 6 nitrogen and oxygen atoms in total. The molecule has 7 heteroatoms. The summed E-state index contributed by atoms with van der Waals surface area (Å²) in [5.41, 5.74) is 14.2. The van der Waals surface area contributed by atoms with Gasteiger partial charge in [-0.05, 0) is 42.8 Å². The number of hydrogen-bond donors (Lipinski definition) is 2. The minimum absolute atomic E-state index is 0.341. The number of aromatic nitrogens is 1. The third-order valence-corrected chi connectivity index (χ3v) is 4.57. The Balaban J connectivity index is 1.85. The average Bonchev–Trinajstić information content (AvgIpc) is 2.67. The van der Waals surface area contributed by atoms with Crippen LogP contribution in [0.3, 0.4) is 0 Å². The van der Waals surface area contributed by atoms with Gasteiger partial charge in [0.15, 0.2) is 5.82 Å². The Morgan fingerprint density at radius 2 is 1.89 bits per heavy atom. The van der Waals surface area contributed by atoms with Crippen molar-refractivity contribution in [2.45, 2.75) is 19.8 Å². The lowest BCUT2D eigenvalue weighted by molar-refractivity contribution is 0.807. The Kier molecular flexibility index (Phi) is 6.13. The van der Waals surface area contributed by atoms with Crippen LogP contribution in [0.1, 0.15) is 25.3 Å². The number of hydrogen-bond acceptors (Lipinski definition) is 5. The van der Waals surface area contributed by atoms with Crippen LogP contribution in [0.5, 0.6) is 0 Å². The maximum absolute atomic E-state index is 6.01. The van der Waals surface area contributed by atoms with E-state index in [4.69, 9.17) is 11.5 Å². The number of halogens is 1. The molecule has 1 heterocycles. The van der Waals surface area contributed by atoms with E-state index in [-0.39, 0.29) is 0 Å². The highest BCUT2D eigenvalue weighted by atomic mass is 79.9. The zero-order chi connectivity index (χ0) is 19.2. The number of aliphatic imine (C=N–C) groups is 1. The van der Waals surface area contributed by atoms with Gasteiger partial charge in [0.2, 0.25) is 0 Å². The summed E-state index contributed by atoms with van der Waals surface area (Å²) in [5, 5.41) is 10.5. The van der Waals surface area contributed by atoms with Gasteiger partial charge in [-0.1, -0.05) is 35.3 Å². The maximum atomic E-state index is 6.01. The van der Waals surface area contributed by atoms with E-state index < -0.39 is 0 Å². The fourth-order valence-electron chi connectivity index (χ4n) is 2.54. The molecule has 0 aliphatic heterocycles. The normalized spacial score (nSPS) is 12.1. The van der Waals surface area contributed by atoms with Crippen molar-refractivity contribution < 1.29 is 0 Å². The van der Waals surface area contributed by atoms with Crippen molar-refractivity contribution in [2.24, 2.45) is 21.0 Å². The second-order valence-electron chi connectivity index (χ2n) is 6.09. The Hall–Kier alpha value is -2.80. The number of azo groups is 1. The summed E-state index contributed by atoms with van der Waals surface area (Å²) < 4.78 is 0.944. The Bertz CT molecular complexity index is 990. The van der Waals surface area contributed by atoms with Crippen molar-refractivity contribution in [2.75, 3.05) is 12.3 Å². The Morgan fingerprint density at radius 1 is 1.11 bits per heavy atom. The molecule has 3 rings (SSSR count). The minimum Gasteiger partial charge on any atom is -0.384 e. The molecular weight excluding hydrogens is 404 g/mol. The van der Waals surface area contributed by atoms with E-state index >= 15 is 0 Å². The highest BCUT2D eigenvalue weighted by Gasteiger charge is 2.07. The van der Waals surface area contributed by atoms with Crippen molar-refractivity contribution in [1.82, 2.24) is 4.98 Å². The van der Waals surface area contributed by atoms with Gasteiger partial charge in [-0.15, -0.1) is 5.11 Å². The SMILES string of the molecule is CCCCN=C(N)c1ccc(N=Nc2c(N)ncc3ccc(Br)cc23)cc1. The molecule has 3 aromatic rings. The second kappa shape index (κ2) is 8.73. The number of rotatable bonds is 6. The first-order valence-corrected chi connectivity index (χ1v) is 9.53. The molecule has 27 heavy (non-hydrogen) atoms. The summed E-state index contributed by atoms with van der Waals surface area (Å²) in [7, 11) is 0. The molecule has 0 aliphatic carbocycles. The summed E-state index contributed by atoms with van der Waals surface area (Å²) in [5.74, 6) is 0.882. The first-order valence-electron chi connectivity index (χ1n) is 8.74. The predicted octanol–water partition coefficient (Wildman–Crippen LogP) is 5.50. The van der Waals surface area contributed by atoms with E-state index in [1.807, 2.05) is 42.5 Å². The zero-order valence-electron chi connectivity index (χ0n) is 15.1. The average molecular weight is 425 g/mol. The van der Waals surface area contributed by atoms with Crippen molar-refractivity contribution in [1.29, 1.82) is 0 Å². The van der Waals surface area contributed by atoms with Gasteiger partial charge in [-0.2, -0.15) is 5.11 Å². The molecule has 0 saturated heterocycles. The number of pyridine rings is 1. The van der Waals surface area contributed by atoms with E-state index in [0.717, 1.165) is 40.2 Å². The smallest absolute Gasteiger partial charge is 0.151 e. The molecule has 0 radical (unpaired) electrons. The summed E-state index contributed by atoms with van der Waals surface area (Å²) in [6, 6.07) is 13.4. The highest BCUT2D eigenvalue weighted by molar-refractivity contribution is 9.10. The quantitative estimate of drug-likeness (QED) is 0.236. The molecule has 138 valence electrons. The second-order valence-corrected chi connectivity index (χ2v) is 7.01. The number of amidine groups is 1. The van der Waals surface area contributed by atoms with E-state index in [0.29, 0.717) is 23.0 Å². The Labute approximate surface area is 166 Å². The van der Waals surface area contributed by atoms with Gasteiger partial charge in [-0.25, -0.2) is 4.98 Å². The molecule has 1 aromatic heterocycles. The summed E-state index contributed by atoms with van der Waals surface area (Å²) in [6.07, 6.45) is 3.86. The van der Waals surface area contributed by atoms with Gasteiger partial charge >= 0.3 is 0 Å². The van der Waals surface area contributed by atoms with Crippen LogP contribution in [0.15, 0.2) is 68.4 Å². The number of benzene rings is 2. The van der Waals surface area contributed by atoms with Crippen LogP contribution < -0.4 is 11.5 Å². The fraction of sp³-hybridized carbons (Fsp3) is 0.200. The van der Waals surface area contributed by atoms with Crippen LogP contribution in [-0.2, 0) is 0 Å². The molecule has 2 aromatic carbocycles. The van der Waals surface area contributed by atoms with Gasteiger partial charge in [0.25, 0.3) is 0 Å². The molecule has 0 aliphatic rings. The predicted molar refractivity (Wildman–Crippen MR) is 115 cm³/mol. The van der Waals surface area contributed by atoms with Crippen molar-refractivity contribution in [3.05, 3.63) is 58.7 Å². The first-order chi connectivity index (χ1) is 13.1.